The molecular weight excluding hydrogens is 278 g/mol. The summed E-state index contributed by atoms with van der Waals surface area (Å²) in [6.07, 6.45) is 5.10. The topological polar surface area (TPSA) is 62.3 Å². The number of fused-ring (bicyclic) bond motifs is 1. The number of aromatic nitrogens is 1. The molecule has 1 aromatic rings. The second-order valence-electron chi connectivity index (χ2n) is 6.80. The SMILES string of the molecule is CC(C)NC(=O)C1C[C@@H]2CN(C(=O)c3cccnc3)C[C@@H]2C1. The molecule has 1 aliphatic heterocycles. The van der Waals surface area contributed by atoms with Gasteiger partial charge in [0.25, 0.3) is 5.91 Å². The predicted octanol–water partition coefficient (Wildman–Crippen LogP) is 1.70. The van der Waals surface area contributed by atoms with Crippen molar-refractivity contribution in [2.75, 3.05) is 13.1 Å². The van der Waals surface area contributed by atoms with Gasteiger partial charge < -0.3 is 10.2 Å². The summed E-state index contributed by atoms with van der Waals surface area (Å²) in [5, 5.41) is 3.01. The summed E-state index contributed by atoms with van der Waals surface area (Å²) in [5.41, 5.74) is 0.650. The van der Waals surface area contributed by atoms with Crippen molar-refractivity contribution in [3.8, 4) is 0 Å². The van der Waals surface area contributed by atoms with Gasteiger partial charge in [-0.15, -0.1) is 0 Å². The third-order valence-corrected chi connectivity index (χ3v) is 4.75. The van der Waals surface area contributed by atoms with E-state index in [1.54, 1.807) is 18.5 Å². The Morgan fingerprint density at radius 2 is 1.95 bits per heavy atom. The molecule has 3 rings (SSSR count). The molecule has 5 heteroatoms. The van der Waals surface area contributed by atoms with Crippen LogP contribution in [-0.2, 0) is 4.79 Å². The highest BCUT2D eigenvalue weighted by atomic mass is 16.2. The van der Waals surface area contributed by atoms with Crippen LogP contribution in [0, 0.1) is 17.8 Å². The smallest absolute Gasteiger partial charge is 0.255 e. The third-order valence-electron chi connectivity index (χ3n) is 4.75. The van der Waals surface area contributed by atoms with Gasteiger partial charge in [0.05, 0.1) is 5.56 Å². The molecule has 0 radical (unpaired) electrons. The van der Waals surface area contributed by atoms with E-state index in [1.165, 1.54) is 0 Å². The number of nitrogens with one attached hydrogen (secondary N) is 1. The second kappa shape index (κ2) is 6.07. The summed E-state index contributed by atoms with van der Waals surface area (Å²) in [7, 11) is 0. The Balaban J connectivity index is 1.58. The normalized spacial score (nSPS) is 27.0. The van der Waals surface area contributed by atoms with Crippen LogP contribution >= 0.6 is 0 Å². The van der Waals surface area contributed by atoms with Crippen LogP contribution in [0.3, 0.4) is 0 Å². The molecule has 5 nitrogen and oxygen atoms in total. The fourth-order valence-electron chi connectivity index (χ4n) is 3.75. The molecule has 1 N–H and O–H groups in total. The summed E-state index contributed by atoms with van der Waals surface area (Å²) in [6.45, 7) is 5.51. The zero-order valence-corrected chi connectivity index (χ0v) is 13.2. The summed E-state index contributed by atoms with van der Waals surface area (Å²) >= 11 is 0. The number of amides is 2. The lowest BCUT2D eigenvalue weighted by atomic mass is 10.0. The predicted molar refractivity (Wildman–Crippen MR) is 83.1 cm³/mol. The molecule has 2 heterocycles. The Bertz CT molecular complexity index is 544. The van der Waals surface area contributed by atoms with E-state index in [0.29, 0.717) is 17.4 Å². The number of hydrogen-bond donors (Lipinski definition) is 1. The van der Waals surface area contributed by atoms with E-state index in [4.69, 9.17) is 0 Å². The van der Waals surface area contributed by atoms with Crippen LogP contribution in [0.1, 0.15) is 37.0 Å². The van der Waals surface area contributed by atoms with Crippen molar-refractivity contribution in [1.82, 2.24) is 15.2 Å². The van der Waals surface area contributed by atoms with Crippen molar-refractivity contribution < 1.29 is 9.59 Å². The first-order valence-corrected chi connectivity index (χ1v) is 8.04. The van der Waals surface area contributed by atoms with E-state index in [0.717, 1.165) is 25.9 Å². The van der Waals surface area contributed by atoms with Crippen LogP contribution in [0.25, 0.3) is 0 Å². The first kappa shape index (κ1) is 15.0. The lowest BCUT2D eigenvalue weighted by Crippen LogP contribution is -2.36. The Morgan fingerprint density at radius 1 is 1.27 bits per heavy atom. The molecule has 3 atom stereocenters. The highest BCUT2D eigenvalue weighted by Gasteiger charge is 2.44. The maximum absolute atomic E-state index is 12.4. The van der Waals surface area contributed by atoms with Gasteiger partial charge in [-0.3, -0.25) is 14.6 Å². The standard InChI is InChI=1S/C17H23N3O2/c1-11(2)19-16(21)13-6-14-9-20(10-15(14)7-13)17(22)12-4-3-5-18-8-12/h3-5,8,11,13-15H,6-7,9-10H2,1-2H3,(H,19,21)/t13?,14-,15+. The summed E-state index contributed by atoms with van der Waals surface area (Å²) < 4.78 is 0. The number of pyridine rings is 1. The van der Waals surface area contributed by atoms with E-state index < -0.39 is 0 Å². The van der Waals surface area contributed by atoms with Crippen molar-refractivity contribution in [3.05, 3.63) is 30.1 Å². The van der Waals surface area contributed by atoms with Crippen molar-refractivity contribution in [1.29, 1.82) is 0 Å². The molecule has 0 bridgehead atoms. The number of carbonyl (C=O) groups excluding carboxylic acids is 2. The minimum Gasteiger partial charge on any atom is -0.354 e. The Morgan fingerprint density at radius 3 is 2.50 bits per heavy atom. The maximum Gasteiger partial charge on any atom is 0.255 e. The monoisotopic (exact) mass is 301 g/mol. The largest absolute Gasteiger partial charge is 0.354 e. The van der Waals surface area contributed by atoms with Gasteiger partial charge in [0, 0.05) is 37.4 Å². The van der Waals surface area contributed by atoms with E-state index in [2.05, 4.69) is 10.3 Å². The first-order chi connectivity index (χ1) is 10.5. The number of nitrogens with zero attached hydrogens (tertiary/aromatic N) is 2. The van der Waals surface area contributed by atoms with Crippen LogP contribution in [0.2, 0.25) is 0 Å². The number of hydrogen-bond acceptors (Lipinski definition) is 3. The molecule has 2 fully saturated rings. The zero-order chi connectivity index (χ0) is 15.7. The Hall–Kier alpha value is -1.91. The molecule has 1 saturated carbocycles. The molecule has 22 heavy (non-hydrogen) atoms. The lowest BCUT2D eigenvalue weighted by molar-refractivity contribution is -0.125. The van der Waals surface area contributed by atoms with Crippen molar-refractivity contribution in [3.63, 3.8) is 0 Å². The van der Waals surface area contributed by atoms with Gasteiger partial charge in [-0.05, 0) is 50.7 Å². The molecule has 118 valence electrons. The van der Waals surface area contributed by atoms with Crippen LogP contribution in [0.15, 0.2) is 24.5 Å². The highest BCUT2D eigenvalue weighted by molar-refractivity contribution is 5.94. The van der Waals surface area contributed by atoms with Crippen molar-refractivity contribution in [2.24, 2.45) is 17.8 Å². The first-order valence-electron chi connectivity index (χ1n) is 8.04. The molecule has 1 unspecified atom stereocenters. The minimum atomic E-state index is 0.0608. The zero-order valence-electron chi connectivity index (χ0n) is 13.2. The Kier molecular flexibility index (Phi) is 4.14. The summed E-state index contributed by atoms with van der Waals surface area (Å²) in [4.78, 5) is 30.5. The second-order valence-corrected chi connectivity index (χ2v) is 6.80. The van der Waals surface area contributed by atoms with Crippen molar-refractivity contribution in [2.45, 2.75) is 32.7 Å². The highest BCUT2D eigenvalue weighted by Crippen LogP contribution is 2.41. The molecular formula is C17H23N3O2. The minimum absolute atomic E-state index is 0.0608. The number of likely N-dealkylation sites (tertiary alicyclic amines) is 1. The lowest BCUT2D eigenvalue weighted by Gasteiger charge is -2.19. The van der Waals surface area contributed by atoms with Crippen LogP contribution < -0.4 is 5.32 Å². The fraction of sp³-hybridized carbons (Fsp3) is 0.588. The average Bonchev–Trinajstić information content (AvgIpc) is 3.05. The van der Waals surface area contributed by atoms with Gasteiger partial charge in [-0.2, -0.15) is 0 Å². The van der Waals surface area contributed by atoms with E-state index in [1.807, 2.05) is 24.8 Å². The van der Waals surface area contributed by atoms with E-state index >= 15 is 0 Å². The van der Waals surface area contributed by atoms with E-state index in [-0.39, 0.29) is 23.8 Å². The van der Waals surface area contributed by atoms with Gasteiger partial charge in [0.2, 0.25) is 5.91 Å². The molecule has 1 saturated heterocycles. The number of rotatable bonds is 3. The Labute approximate surface area is 131 Å². The fourth-order valence-corrected chi connectivity index (χ4v) is 3.75. The summed E-state index contributed by atoms with van der Waals surface area (Å²) in [6, 6.07) is 3.79. The molecule has 2 aliphatic rings. The maximum atomic E-state index is 12.4. The molecule has 1 aromatic heterocycles. The molecule has 0 spiro atoms. The number of carbonyl (C=O) groups is 2. The van der Waals surface area contributed by atoms with Gasteiger partial charge in [0.1, 0.15) is 0 Å². The molecule has 1 aliphatic carbocycles. The molecule has 2 amide bonds. The van der Waals surface area contributed by atoms with Crippen LogP contribution in [0.4, 0.5) is 0 Å². The third kappa shape index (κ3) is 2.98. The van der Waals surface area contributed by atoms with Crippen LogP contribution in [-0.4, -0.2) is 40.8 Å². The average molecular weight is 301 g/mol. The summed E-state index contributed by atoms with van der Waals surface area (Å²) in [5.74, 6) is 1.28. The quantitative estimate of drug-likeness (QED) is 0.924. The van der Waals surface area contributed by atoms with E-state index in [9.17, 15) is 9.59 Å². The van der Waals surface area contributed by atoms with Gasteiger partial charge in [-0.25, -0.2) is 0 Å². The van der Waals surface area contributed by atoms with Crippen LogP contribution in [0.5, 0.6) is 0 Å². The molecule has 0 aromatic carbocycles. The van der Waals surface area contributed by atoms with Gasteiger partial charge in [-0.1, -0.05) is 0 Å². The van der Waals surface area contributed by atoms with Gasteiger partial charge in [0.15, 0.2) is 0 Å². The van der Waals surface area contributed by atoms with Gasteiger partial charge >= 0.3 is 0 Å². The van der Waals surface area contributed by atoms with Crippen molar-refractivity contribution >= 4 is 11.8 Å².